The fourth-order valence-electron chi connectivity index (χ4n) is 1.46. The van der Waals surface area contributed by atoms with Gasteiger partial charge in [-0.05, 0) is 38.9 Å². The van der Waals surface area contributed by atoms with Crippen LogP contribution in [-0.2, 0) is 6.54 Å². The Morgan fingerprint density at radius 3 is 2.75 bits per heavy atom. The lowest BCUT2D eigenvalue weighted by atomic mass is 10.4. The van der Waals surface area contributed by atoms with E-state index in [1.165, 1.54) is 22.6 Å². The molecule has 0 amide bonds. The second kappa shape index (κ2) is 3.19. The van der Waals surface area contributed by atoms with Gasteiger partial charge < -0.3 is 0 Å². The fourth-order valence-corrected chi connectivity index (χ4v) is 2.41. The lowest BCUT2D eigenvalue weighted by Gasteiger charge is -2.13. The second-order valence-electron chi connectivity index (χ2n) is 3.66. The number of hydrogen-bond acceptors (Lipinski definition) is 2. The molecule has 0 saturated heterocycles. The van der Waals surface area contributed by atoms with E-state index in [-0.39, 0.29) is 0 Å². The third-order valence-corrected chi connectivity index (χ3v) is 3.36. The van der Waals surface area contributed by atoms with Crippen molar-refractivity contribution >= 4 is 11.3 Å². The van der Waals surface area contributed by atoms with Gasteiger partial charge in [-0.3, -0.25) is 4.90 Å². The van der Waals surface area contributed by atoms with Gasteiger partial charge in [0.1, 0.15) is 0 Å². The summed E-state index contributed by atoms with van der Waals surface area (Å²) in [4.78, 5) is 5.39. The first-order chi connectivity index (χ1) is 5.75. The van der Waals surface area contributed by atoms with Gasteiger partial charge in [-0.25, -0.2) is 0 Å². The Morgan fingerprint density at radius 2 is 2.25 bits per heavy atom. The summed E-state index contributed by atoms with van der Waals surface area (Å²) in [5.41, 5.74) is 0. The van der Waals surface area contributed by atoms with E-state index < -0.39 is 0 Å². The molecule has 0 radical (unpaired) electrons. The molecule has 2 rings (SSSR count). The molecule has 1 fully saturated rings. The Balaban J connectivity index is 1.93. The molecule has 2 heteroatoms. The van der Waals surface area contributed by atoms with Crippen LogP contribution in [0.1, 0.15) is 22.6 Å². The lowest BCUT2D eigenvalue weighted by Crippen LogP contribution is -2.19. The average Bonchev–Trinajstić information content (AvgIpc) is 2.78. The quantitative estimate of drug-likeness (QED) is 0.693. The molecule has 1 aromatic heterocycles. The van der Waals surface area contributed by atoms with E-state index in [1.807, 2.05) is 11.3 Å². The van der Waals surface area contributed by atoms with Crippen LogP contribution in [0.25, 0.3) is 0 Å². The molecule has 0 spiro atoms. The molecule has 0 aromatic carbocycles. The van der Waals surface area contributed by atoms with Crippen molar-refractivity contribution in [3.63, 3.8) is 0 Å². The maximum Gasteiger partial charge on any atom is 0.0327 e. The lowest BCUT2D eigenvalue weighted by molar-refractivity contribution is 0.319. The van der Waals surface area contributed by atoms with Crippen LogP contribution in [0.2, 0.25) is 0 Å². The Kier molecular flexibility index (Phi) is 2.20. The van der Waals surface area contributed by atoms with Crippen LogP contribution in [-0.4, -0.2) is 18.0 Å². The van der Waals surface area contributed by atoms with Gasteiger partial charge in [-0.2, -0.15) is 0 Å². The molecule has 1 saturated carbocycles. The topological polar surface area (TPSA) is 3.24 Å². The van der Waals surface area contributed by atoms with Crippen LogP contribution in [0.15, 0.2) is 12.1 Å². The summed E-state index contributed by atoms with van der Waals surface area (Å²) in [6, 6.07) is 5.34. The standard InChI is InChI=1S/C10H15NS/c1-8-3-6-10(12-8)7-11(2)9-4-5-9/h3,6,9H,4-5,7H2,1-2H3. The summed E-state index contributed by atoms with van der Waals surface area (Å²) in [6.07, 6.45) is 2.81. The average molecular weight is 181 g/mol. The summed E-state index contributed by atoms with van der Waals surface area (Å²) in [7, 11) is 2.23. The maximum atomic E-state index is 2.46. The van der Waals surface area contributed by atoms with Crippen LogP contribution in [0.5, 0.6) is 0 Å². The Hall–Kier alpha value is -0.340. The van der Waals surface area contributed by atoms with Gasteiger partial charge in [0.15, 0.2) is 0 Å². The maximum absolute atomic E-state index is 2.46. The summed E-state index contributed by atoms with van der Waals surface area (Å²) in [5.74, 6) is 0. The first-order valence-corrected chi connectivity index (χ1v) is 5.33. The molecule has 0 atom stereocenters. The first kappa shape index (κ1) is 8.27. The smallest absolute Gasteiger partial charge is 0.0327 e. The molecule has 0 aliphatic heterocycles. The predicted molar refractivity (Wildman–Crippen MR) is 53.5 cm³/mol. The van der Waals surface area contributed by atoms with Crippen LogP contribution < -0.4 is 0 Å². The molecule has 1 aromatic rings. The summed E-state index contributed by atoms with van der Waals surface area (Å²) in [6.45, 7) is 3.31. The molecule has 0 N–H and O–H groups in total. The number of hydrogen-bond donors (Lipinski definition) is 0. The second-order valence-corrected chi connectivity index (χ2v) is 5.03. The van der Waals surface area contributed by atoms with Gasteiger partial charge in [0.05, 0.1) is 0 Å². The Labute approximate surface area is 78.0 Å². The van der Waals surface area contributed by atoms with Crippen LogP contribution in [0.4, 0.5) is 0 Å². The zero-order valence-corrected chi connectivity index (χ0v) is 8.53. The van der Waals surface area contributed by atoms with E-state index in [9.17, 15) is 0 Å². The first-order valence-electron chi connectivity index (χ1n) is 4.51. The minimum absolute atomic E-state index is 0.882. The van der Waals surface area contributed by atoms with Crippen molar-refractivity contribution < 1.29 is 0 Å². The number of rotatable bonds is 3. The number of thiophene rings is 1. The highest BCUT2D eigenvalue weighted by Crippen LogP contribution is 2.27. The predicted octanol–water partition coefficient (Wildman–Crippen LogP) is 2.65. The van der Waals surface area contributed by atoms with E-state index in [0.29, 0.717) is 0 Å². The van der Waals surface area contributed by atoms with Crippen LogP contribution in [0, 0.1) is 6.92 Å². The molecule has 1 nitrogen and oxygen atoms in total. The molecule has 0 bridgehead atoms. The van der Waals surface area contributed by atoms with E-state index >= 15 is 0 Å². The van der Waals surface area contributed by atoms with Crippen molar-refractivity contribution in [3.8, 4) is 0 Å². The molecule has 1 heterocycles. The summed E-state index contributed by atoms with van der Waals surface area (Å²) < 4.78 is 0. The molecule has 1 aliphatic rings. The molecular weight excluding hydrogens is 166 g/mol. The van der Waals surface area contributed by atoms with Gasteiger partial charge in [-0.15, -0.1) is 11.3 Å². The molecule has 0 unspecified atom stereocenters. The van der Waals surface area contributed by atoms with Crippen LogP contribution >= 0.6 is 11.3 Å². The zero-order valence-electron chi connectivity index (χ0n) is 7.71. The SMILES string of the molecule is Cc1ccc(CN(C)C2CC2)s1. The van der Waals surface area contributed by atoms with Crippen LogP contribution in [0.3, 0.4) is 0 Å². The zero-order chi connectivity index (χ0) is 8.55. The fraction of sp³-hybridized carbons (Fsp3) is 0.600. The van der Waals surface area contributed by atoms with E-state index in [1.54, 1.807) is 0 Å². The third kappa shape index (κ3) is 1.87. The monoisotopic (exact) mass is 181 g/mol. The van der Waals surface area contributed by atoms with Crippen molar-refractivity contribution in [1.82, 2.24) is 4.90 Å². The van der Waals surface area contributed by atoms with Gasteiger partial charge >= 0.3 is 0 Å². The van der Waals surface area contributed by atoms with Crippen molar-refractivity contribution in [2.45, 2.75) is 32.4 Å². The molecule has 1 aliphatic carbocycles. The third-order valence-electron chi connectivity index (χ3n) is 2.37. The minimum Gasteiger partial charge on any atom is -0.298 e. The van der Waals surface area contributed by atoms with Gasteiger partial charge in [0.2, 0.25) is 0 Å². The Morgan fingerprint density at radius 1 is 1.50 bits per heavy atom. The van der Waals surface area contributed by atoms with Crippen molar-refractivity contribution in [1.29, 1.82) is 0 Å². The van der Waals surface area contributed by atoms with E-state index in [2.05, 4.69) is 31.0 Å². The van der Waals surface area contributed by atoms with E-state index in [4.69, 9.17) is 0 Å². The van der Waals surface area contributed by atoms with Crippen molar-refractivity contribution in [2.24, 2.45) is 0 Å². The summed E-state index contributed by atoms with van der Waals surface area (Å²) in [5, 5.41) is 0. The molecule has 66 valence electrons. The minimum atomic E-state index is 0.882. The highest BCUT2D eigenvalue weighted by atomic mass is 32.1. The highest BCUT2D eigenvalue weighted by Gasteiger charge is 2.25. The van der Waals surface area contributed by atoms with Gasteiger partial charge in [0, 0.05) is 22.3 Å². The Bertz CT molecular complexity index is 263. The number of nitrogens with zero attached hydrogens (tertiary/aromatic N) is 1. The highest BCUT2D eigenvalue weighted by molar-refractivity contribution is 7.11. The van der Waals surface area contributed by atoms with Crippen molar-refractivity contribution in [2.75, 3.05) is 7.05 Å². The number of aryl methyl sites for hydroxylation is 1. The largest absolute Gasteiger partial charge is 0.298 e. The van der Waals surface area contributed by atoms with Crippen molar-refractivity contribution in [3.05, 3.63) is 21.9 Å². The molecule has 12 heavy (non-hydrogen) atoms. The summed E-state index contributed by atoms with van der Waals surface area (Å²) >= 11 is 1.92. The van der Waals surface area contributed by atoms with Gasteiger partial charge in [0.25, 0.3) is 0 Å². The molecular formula is C10H15NS. The normalized spacial score (nSPS) is 17.2. The van der Waals surface area contributed by atoms with Gasteiger partial charge in [-0.1, -0.05) is 0 Å². The van der Waals surface area contributed by atoms with E-state index in [0.717, 1.165) is 12.6 Å².